The van der Waals surface area contributed by atoms with Gasteiger partial charge in [0.05, 0.1) is 16.9 Å². The zero-order valence-electron chi connectivity index (χ0n) is 36.4. The summed E-state index contributed by atoms with van der Waals surface area (Å²) in [6.07, 6.45) is 0. The van der Waals surface area contributed by atoms with Crippen LogP contribution < -0.4 is 4.40 Å². The molecule has 62 heavy (non-hydrogen) atoms. The maximum absolute atomic E-state index is 8.46. The number of rotatable bonds is 6. The van der Waals surface area contributed by atoms with Crippen molar-refractivity contribution in [3.05, 3.63) is 200 Å². The van der Waals surface area contributed by atoms with Crippen LogP contribution in [0.15, 0.2) is 176 Å². The Morgan fingerprint density at radius 3 is 2.05 bits per heavy atom. The number of nitrogens with zero attached hydrogens (tertiary/aromatic N) is 2. The molecule has 0 unspecified atom stereocenters. The second kappa shape index (κ2) is 17.3. The van der Waals surface area contributed by atoms with Crippen molar-refractivity contribution >= 4 is 81.7 Å². The van der Waals surface area contributed by atoms with Crippen LogP contribution in [0.5, 0.6) is 0 Å². The Kier molecular flexibility index (Phi) is 11.3. The summed E-state index contributed by atoms with van der Waals surface area (Å²) in [5.74, 6) is 7.43. The fourth-order valence-electron chi connectivity index (χ4n) is 8.63. The second-order valence-corrected chi connectivity index (χ2v) is 28.5. The summed E-state index contributed by atoms with van der Waals surface area (Å²) in [5, 5.41) is 7.42. The number of aromatic nitrogens is 2. The van der Waals surface area contributed by atoms with E-state index in [0.29, 0.717) is 0 Å². The van der Waals surface area contributed by atoms with Gasteiger partial charge in [0.1, 0.15) is 0 Å². The van der Waals surface area contributed by atoms with E-state index in [9.17, 15) is 0 Å². The van der Waals surface area contributed by atoms with Crippen LogP contribution in [0.2, 0.25) is 17.3 Å². The van der Waals surface area contributed by atoms with E-state index in [-0.39, 0.29) is 20.1 Å². The molecule has 0 radical (unpaired) electrons. The summed E-state index contributed by atoms with van der Waals surface area (Å²) in [6.45, 7) is 3.94. The SMILES string of the molecule is [2H]C(C)(C)c1cc(-c2[c-]cccc2)[c-]c[c]1[Ge]([CH3])([CH3])[CH3].[Ir+3].[c-]1ccc2c(sc3c4ccccc4ccc23)c1-c1nc2c3ccccc3ccc2n1-c1ccccc1-c1ccccc1. The average Bonchev–Trinajstić information content (AvgIpc) is 3.89. The molecule has 11 rings (SSSR count). The molecule has 0 saturated heterocycles. The number of hydrogen-bond acceptors (Lipinski definition) is 2. The van der Waals surface area contributed by atoms with Crippen molar-refractivity contribution in [1.29, 1.82) is 0 Å². The number of imidazole rings is 1. The molecular weight excluding hydrogens is 1010 g/mol. The summed E-state index contributed by atoms with van der Waals surface area (Å²) in [4.78, 5) is 5.44. The first-order valence-corrected chi connectivity index (χ1v) is 29.0. The molecule has 0 spiro atoms. The Morgan fingerprint density at radius 1 is 0.613 bits per heavy atom. The van der Waals surface area contributed by atoms with Crippen molar-refractivity contribution in [3.8, 4) is 39.3 Å². The molecule has 0 fully saturated rings. The minimum absolute atomic E-state index is 0. The standard InChI is InChI=1S/C39H23N2S.C18H22Ge.Ir/c1-2-11-25(12-3-1)28-15-8-9-20-34(28)41-35-24-22-26-13-4-6-16-29(26)36(35)40-39(41)33-19-10-18-31-32-23-21-27-14-5-7-17-30(27)37(32)42-38(31)33;1-14(2)17-13-16(15-9-7-6-8-10-15)11-12-18(17)19(3,4)5;/h1-18,20-24H;6-9,12-14H,1-5H3;/q-1;-2;+3/i;14D;. The van der Waals surface area contributed by atoms with Crippen molar-refractivity contribution < 1.29 is 21.5 Å². The molecule has 11 aromatic rings. The third-order valence-electron chi connectivity index (χ3n) is 11.6. The van der Waals surface area contributed by atoms with E-state index in [1.54, 1.807) is 0 Å². The van der Waals surface area contributed by atoms with Crippen LogP contribution in [0.4, 0.5) is 0 Å². The molecule has 2 heterocycles. The third kappa shape index (κ3) is 7.64. The first-order valence-electron chi connectivity index (χ1n) is 21.4. The van der Waals surface area contributed by atoms with Gasteiger partial charge in [0.15, 0.2) is 0 Å². The summed E-state index contributed by atoms with van der Waals surface area (Å²) < 4.78 is 14.7. The topological polar surface area (TPSA) is 17.8 Å². The first-order chi connectivity index (χ1) is 30.0. The number of benzene rings is 9. The molecule has 302 valence electrons. The summed E-state index contributed by atoms with van der Waals surface area (Å²) in [7, 11) is 0. The van der Waals surface area contributed by atoms with Gasteiger partial charge in [-0.1, -0.05) is 126 Å². The molecule has 0 amide bonds. The Hall–Kier alpha value is -5.62. The summed E-state index contributed by atoms with van der Waals surface area (Å²) in [6, 6.07) is 72.2. The van der Waals surface area contributed by atoms with Gasteiger partial charge < -0.3 is 4.57 Å². The van der Waals surface area contributed by atoms with Gasteiger partial charge in [-0.05, 0) is 43.9 Å². The Morgan fingerprint density at radius 2 is 1.29 bits per heavy atom. The van der Waals surface area contributed by atoms with Crippen molar-refractivity contribution in [3.63, 3.8) is 0 Å². The first kappa shape index (κ1) is 40.5. The van der Waals surface area contributed by atoms with Gasteiger partial charge in [0.2, 0.25) is 0 Å². The molecule has 0 atom stereocenters. The van der Waals surface area contributed by atoms with E-state index in [4.69, 9.17) is 6.35 Å². The maximum atomic E-state index is 8.46. The molecule has 2 nitrogen and oxygen atoms in total. The zero-order chi connectivity index (χ0) is 42.6. The van der Waals surface area contributed by atoms with Gasteiger partial charge in [0.25, 0.3) is 0 Å². The van der Waals surface area contributed by atoms with Crippen molar-refractivity contribution in [2.45, 2.75) is 37.0 Å². The zero-order valence-corrected chi connectivity index (χ0v) is 40.7. The molecule has 5 heteroatoms. The van der Waals surface area contributed by atoms with Gasteiger partial charge in [-0.25, -0.2) is 0 Å². The molecule has 0 aliphatic heterocycles. The molecule has 2 aromatic heterocycles. The van der Waals surface area contributed by atoms with Crippen LogP contribution in [0, 0.1) is 18.2 Å². The largest absolute Gasteiger partial charge is 3.00 e. The molecule has 0 aliphatic rings. The van der Waals surface area contributed by atoms with Gasteiger partial charge >= 0.3 is 141 Å². The van der Waals surface area contributed by atoms with Crippen LogP contribution in [-0.4, -0.2) is 22.8 Å². The predicted octanol–water partition coefficient (Wildman–Crippen LogP) is 15.5. The van der Waals surface area contributed by atoms with Crippen molar-refractivity contribution in [2.75, 3.05) is 0 Å². The van der Waals surface area contributed by atoms with Crippen LogP contribution in [0.3, 0.4) is 0 Å². The van der Waals surface area contributed by atoms with Crippen LogP contribution in [0.25, 0.3) is 92.1 Å². The molecule has 9 aromatic carbocycles. The molecule has 0 bridgehead atoms. The minimum Gasteiger partial charge on any atom is -0.333 e. The van der Waals surface area contributed by atoms with Gasteiger partial charge in [0, 0.05) is 21.3 Å². The van der Waals surface area contributed by atoms with Gasteiger partial charge in [-0.15, -0.1) is 18.2 Å². The Bertz CT molecular complexity index is 3430. The quantitative estimate of drug-likeness (QED) is 0.120. The normalized spacial score (nSPS) is 12.0. The summed E-state index contributed by atoms with van der Waals surface area (Å²) in [5.41, 5.74) is 9.80. The number of thiophene rings is 1. The Balaban J connectivity index is 0.000000204. The fraction of sp³-hybridized carbons (Fsp3) is 0.105. The monoisotopic (exact) mass is 1060 g/mol. The van der Waals surface area contributed by atoms with E-state index in [1.165, 1.54) is 51.9 Å². The third-order valence-corrected chi connectivity index (χ3v) is 17.2. The van der Waals surface area contributed by atoms with Gasteiger partial charge in [-0.2, -0.15) is 11.3 Å². The Labute approximate surface area is 386 Å². The number of fused-ring (bicyclic) bond motifs is 8. The van der Waals surface area contributed by atoms with E-state index in [1.807, 2.05) is 49.4 Å². The van der Waals surface area contributed by atoms with Crippen molar-refractivity contribution in [2.24, 2.45) is 0 Å². The minimum atomic E-state index is -1.99. The van der Waals surface area contributed by atoms with E-state index >= 15 is 0 Å². The number of hydrogen-bond donors (Lipinski definition) is 0. The molecule has 0 saturated carbocycles. The van der Waals surface area contributed by atoms with Crippen LogP contribution in [0.1, 0.15) is 26.7 Å². The fourth-order valence-corrected chi connectivity index (χ4v) is 13.4. The molecule has 0 N–H and O–H groups in total. The second-order valence-electron chi connectivity index (χ2n) is 16.9. The van der Waals surface area contributed by atoms with E-state index < -0.39 is 19.2 Å². The maximum Gasteiger partial charge on any atom is 3.00 e. The van der Waals surface area contributed by atoms with Crippen molar-refractivity contribution in [1.82, 2.24) is 9.55 Å². The number of para-hydroxylation sites is 1. The van der Waals surface area contributed by atoms with E-state index in [2.05, 4.69) is 192 Å². The molecule has 0 aliphatic carbocycles. The summed E-state index contributed by atoms with van der Waals surface area (Å²) >= 11 is -0.148. The smallest absolute Gasteiger partial charge is 0.333 e. The molecular formula is C57H45GeIrN2S. The average molecular weight is 1060 g/mol. The van der Waals surface area contributed by atoms with Crippen LogP contribution >= 0.6 is 11.3 Å². The predicted molar refractivity (Wildman–Crippen MR) is 265 cm³/mol. The van der Waals surface area contributed by atoms with E-state index in [0.717, 1.165) is 50.2 Å². The van der Waals surface area contributed by atoms with Crippen LogP contribution in [-0.2, 0) is 20.1 Å². The van der Waals surface area contributed by atoms with Gasteiger partial charge in [-0.3, -0.25) is 4.98 Å².